The second kappa shape index (κ2) is 10.9. The minimum atomic E-state index is -4.29. The van der Waals surface area contributed by atoms with Crippen molar-refractivity contribution in [2.45, 2.75) is 44.9 Å². The first-order valence-electron chi connectivity index (χ1n) is 7.08. The second-order valence-electron chi connectivity index (χ2n) is 4.96. The van der Waals surface area contributed by atoms with Crippen LogP contribution < -0.4 is 0 Å². The fourth-order valence-electron chi connectivity index (χ4n) is 1.84. The third-order valence-corrected chi connectivity index (χ3v) is 7.41. The maximum absolute atomic E-state index is 11.9. The van der Waals surface area contributed by atoms with Crippen molar-refractivity contribution in [2.75, 3.05) is 25.4 Å². The van der Waals surface area contributed by atoms with Gasteiger partial charge in [-0.25, -0.2) is 0 Å². The first-order valence-corrected chi connectivity index (χ1v) is 12.4. The van der Waals surface area contributed by atoms with Gasteiger partial charge in [0.25, 0.3) is 10.1 Å². The summed E-state index contributed by atoms with van der Waals surface area (Å²) < 4.78 is 54.2. The molecule has 0 saturated heterocycles. The standard InChI is InChI=1S/C11H26O8P2S/c1-3-18-11(20(12)10-21(13,14)15)8-6-4-5-7-9-19-22(2,16)17/h11,20H,3-10H2,1-2H3,(H2,13,14,15). The average molecular weight is 380 g/mol. The second-order valence-corrected chi connectivity index (χ2v) is 10.8. The van der Waals surface area contributed by atoms with E-state index in [1.54, 1.807) is 6.92 Å². The molecule has 2 atom stereocenters. The molecular formula is C11H26O8P2S. The third-order valence-electron chi connectivity index (χ3n) is 2.75. The molecule has 0 spiro atoms. The summed E-state index contributed by atoms with van der Waals surface area (Å²) in [4.78, 5) is 17.7. The molecule has 0 heterocycles. The molecule has 22 heavy (non-hydrogen) atoms. The lowest BCUT2D eigenvalue weighted by atomic mass is 10.1. The fourth-order valence-corrected chi connectivity index (χ4v) is 5.58. The molecule has 0 aliphatic rings. The Bertz CT molecular complexity index is 472. The predicted molar refractivity (Wildman–Crippen MR) is 85.2 cm³/mol. The van der Waals surface area contributed by atoms with E-state index in [2.05, 4.69) is 4.18 Å². The highest BCUT2D eigenvalue weighted by Gasteiger charge is 2.24. The van der Waals surface area contributed by atoms with Gasteiger partial charge in [-0.3, -0.25) is 8.75 Å². The van der Waals surface area contributed by atoms with Crippen molar-refractivity contribution in [3.05, 3.63) is 0 Å². The van der Waals surface area contributed by atoms with Crippen LogP contribution in [-0.2, 0) is 28.2 Å². The molecule has 0 aliphatic carbocycles. The van der Waals surface area contributed by atoms with Gasteiger partial charge in [0.1, 0.15) is 19.5 Å². The molecule has 8 nitrogen and oxygen atoms in total. The van der Waals surface area contributed by atoms with E-state index in [9.17, 15) is 17.5 Å². The van der Waals surface area contributed by atoms with Crippen LogP contribution in [0.5, 0.6) is 0 Å². The van der Waals surface area contributed by atoms with E-state index in [4.69, 9.17) is 14.5 Å². The lowest BCUT2D eigenvalue weighted by molar-refractivity contribution is 0.110. The molecule has 0 amide bonds. The van der Waals surface area contributed by atoms with E-state index in [0.717, 1.165) is 19.1 Å². The van der Waals surface area contributed by atoms with Crippen LogP contribution in [0.2, 0.25) is 0 Å². The predicted octanol–water partition coefficient (Wildman–Crippen LogP) is 1.97. The Kier molecular flexibility index (Phi) is 11.0. The highest BCUT2D eigenvalue weighted by molar-refractivity contribution is 7.85. The van der Waals surface area contributed by atoms with Crippen LogP contribution in [0.1, 0.15) is 39.0 Å². The van der Waals surface area contributed by atoms with Gasteiger partial charge in [-0.05, 0) is 19.8 Å². The van der Waals surface area contributed by atoms with Gasteiger partial charge in [0.05, 0.1) is 12.9 Å². The Morgan fingerprint density at radius 3 is 2.27 bits per heavy atom. The fraction of sp³-hybridized carbons (Fsp3) is 1.00. The molecule has 11 heteroatoms. The minimum Gasteiger partial charge on any atom is -0.371 e. The summed E-state index contributed by atoms with van der Waals surface area (Å²) in [6.45, 7) is 2.22. The molecule has 0 bridgehead atoms. The highest BCUT2D eigenvalue weighted by Crippen LogP contribution is 2.48. The summed E-state index contributed by atoms with van der Waals surface area (Å²) in [6.07, 6.45) is 4.30. The number of ether oxygens (including phenoxy) is 1. The molecule has 0 saturated carbocycles. The number of hydrogen-bond acceptors (Lipinski definition) is 6. The normalized spacial score (nSPS) is 15.6. The molecule has 0 aromatic carbocycles. The van der Waals surface area contributed by atoms with Gasteiger partial charge < -0.3 is 19.1 Å². The maximum atomic E-state index is 11.9. The Morgan fingerprint density at radius 1 is 1.18 bits per heavy atom. The molecule has 0 radical (unpaired) electrons. The zero-order chi connectivity index (χ0) is 17.2. The topological polar surface area (TPSA) is 127 Å². The van der Waals surface area contributed by atoms with E-state index in [-0.39, 0.29) is 6.61 Å². The van der Waals surface area contributed by atoms with Crippen molar-refractivity contribution in [3.63, 3.8) is 0 Å². The molecule has 0 aromatic rings. The van der Waals surface area contributed by atoms with E-state index >= 15 is 0 Å². The monoisotopic (exact) mass is 380 g/mol. The highest BCUT2D eigenvalue weighted by atomic mass is 32.2. The van der Waals surface area contributed by atoms with Crippen molar-refractivity contribution in [3.8, 4) is 0 Å². The summed E-state index contributed by atoms with van der Waals surface area (Å²) in [6, 6.07) is 0. The number of hydrogen-bond donors (Lipinski definition) is 2. The SMILES string of the molecule is CCOC(CCCCCCOS(C)(=O)=O)[PH](=O)CP(=O)(O)O. The van der Waals surface area contributed by atoms with E-state index < -0.39 is 37.3 Å². The van der Waals surface area contributed by atoms with Crippen LogP contribution >= 0.6 is 15.4 Å². The van der Waals surface area contributed by atoms with Crippen LogP contribution in [0.15, 0.2) is 0 Å². The van der Waals surface area contributed by atoms with Crippen molar-refractivity contribution in [1.82, 2.24) is 0 Å². The Morgan fingerprint density at radius 2 is 1.77 bits per heavy atom. The molecule has 0 fully saturated rings. The third kappa shape index (κ3) is 13.9. The zero-order valence-electron chi connectivity index (χ0n) is 12.9. The van der Waals surface area contributed by atoms with Crippen molar-refractivity contribution in [1.29, 1.82) is 0 Å². The van der Waals surface area contributed by atoms with E-state index in [1.165, 1.54) is 0 Å². The van der Waals surface area contributed by atoms with Crippen molar-refractivity contribution in [2.24, 2.45) is 0 Å². The molecule has 134 valence electrons. The summed E-state index contributed by atoms with van der Waals surface area (Å²) in [5, 5.41) is 0. The van der Waals surface area contributed by atoms with Gasteiger partial charge in [0.2, 0.25) is 0 Å². The van der Waals surface area contributed by atoms with Crippen LogP contribution in [0.4, 0.5) is 0 Å². The van der Waals surface area contributed by atoms with Gasteiger partial charge in [-0.15, -0.1) is 0 Å². The average Bonchev–Trinajstić information content (AvgIpc) is 2.32. The van der Waals surface area contributed by atoms with Crippen molar-refractivity contribution < 1.29 is 36.3 Å². The summed E-state index contributed by atoms with van der Waals surface area (Å²) in [5.74, 6) is -1.24. The summed E-state index contributed by atoms with van der Waals surface area (Å²) in [7, 11) is -10.2. The largest absolute Gasteiger partial charge is 0.371 e. The lowest BCUT2D eigenvalue weighted by Crippen LogP contribution is -2.10. The quantitative estimate of drug-likeness (QED) is 0.282. The Labute approximate surface area is 132 Å². The van der Waals surface area contributed by atoms with E-state index in [0.29, 0.717) is 25.9 Å². The van der Waals surface area contributed by atoms with Gasteiger partial charge in [0.15, 0.2) is 0 Å². The smallest absolute Gasteiger partial charge is 0.332 e. The molecule has 0 rings (SSSR count). The molecule has 2 N–H and O–H groups in total. The molecule has 0 aliphatic heterocycles. The minimum absolute atomic E-state index is 0.141. The first kappa shape index (κ1) is 22.2. The van der Waals surface area contributed by atoms with Crippen LogP contribution in [-0.4, -0.2) is 49.4 Å². The number of rotatable bonds is 13. The van der Waals surface area contributed by atoms with Gasteiger partial charge in [-0.2, -0.15) is 8.42 Å². The maximum Gasteiger partial charge on any atom is 0.332 e. The molecule has 0 aromatic heterocycles. The number of unbranched alkanes of at least 4 members (excludes halogenated alkanes) is 3. The van der Waals surface area contributed by atoms with Gasteiger partial charge >= 0.3 is 7.60 Å². The molecule has 2 unspecified atom stereocenters. The Balaban J connectivity index is 3.96. The van der Waals surface area contributed by atoms with Crippen LogP contribution in [0.25, 0.3) is 0 Å². The first-order chi connectivity index (χ1) is 10.0. The van der Waals surface area contributed by atoms with Gasteiger partial charge in [0, 0.05) is 6.61 Å². The van der Waals surface area contributed by atoms with E-state index in [1.807, 2.05) is 0 Å². The Hall–Kier alpha value is 0.250. The van der Waals surface area contributed by atoms with Crippen LogP contribution in [0, 0.1) is 0 Å². The van der Waals surface area contributed by atoms with Gasteiger partial charge in [-0.1, -0.05) is 19.3 Å². The lowest BCUT2D eigenvalue weighted by Gasteiger charge is -2.17. The zero-order valence-corrected chi connectivity index (χ0v) is 15.6. The van der Waals surface area contributed by atoms with Crippen LogP contribution in [0.3, 0.4) is 0 Å². The summed E-state index contributed by atoms with van der Waals surface area (Å²) in [5.41, 5.74) is 0. The van der Waals surface area contributed by atoms with Crippen molar-refractivity contribution >= 4 is 25.5 Å². The summed E-state index contributed by atoms with van der Waals surface area (Å²) >= 11 is 0. The molecular weight excluding hydrogens is 354 g/mol.